The second-order valence-corrected chi connectivity index (χ2v) is 5.24. The highest BCUT2D eigenvalue weighted by Gasteiger charge is 2.16. The van der Waals surface area contributed by atoms with Crippen LogP contribution in [0.25, 0.3) is 10.9 Å². The number of nitrogens with two attached hydrogens (primary N) is 1. The minimum atomic E-state index is -0.123. The highest BCUT2D eigenvalue weighted by Crippen LogP contribution is 2.28. The van der Waals surface area contributed by atoms with E-state index in [0.29, 0.717) is 26.9 Å². The van der Waals surface area contributed by atoms with E-state index in [1.807, 2.05) is 12.1 Å². The molecule has 0 aliphatic heterocycles. The number of nitrogen functional groups attached to an aromatic ring is 1. The topological polar surface area (TPSA) is 58.9 Å². The molecule has 0 radical (unpaired) electrons. The van der Waals surface area contributed by atoms with Crippen LogP contribution < -0.4 is 5.73 Å². The largest absolute Gasteiger partial charge is 0.398 e. The molecule has 0 bridgehead atoms. The van der Waals surface area contributed by atoms with Gasteiger partial charge in [-0.25, -0.2) is 0 Å². The summed E-state index contributed by atoms with van der Waals surface area (Å²) in [5.41, 5.74) is 7.92. The average molecular weight is 305 g/mol. The molecule has 100 valence electrons. The number of carbonyl (C=O) groups excluding carboxylic acids is 1. The highest BCUT2D eigenvalue weighted by molar-refractivity contribution is 6.36. The number of H-pyrrole nitrogens is 1. The summed E-state index contributed by atoms with van der Waals surface area (Å²) in [6, 6.07) is 10.3. The van der Waals surface area contributed by atoms with Gasteiger partial charge in [-0.2, -0.15) is 0 Å². The third-order valence-corrected chi connectivity index (χ3v) is 3.83. The first-order chi connectivity index (χ1) is 9.58. The molecule has 0 saturated carbocycles. The number of hydrogen-bond donors (Lipinski definition) is 2. The van der Waals surface area contributed by atoms with E-state index in [-0.39, 0.29) is 5.78 Å². The van der Waals surface area contributed by atoms with E-state index in [9.17, 15) is 4.79 Å². The highest BCUT2D eigenvalue weighted by atomic mass is 35.5. The van der Waals surface area contributed by atoms with Crippen molar-refractivity contribution in [3.05, 3.63) is 63.8 Å². The van der Waals surface area contributed by atoms with Gasteiger partial charge in [-0.1, -0.05) is 35.3 Å². The Morgan fingerprint density at radius 2 is 1.90 bits per heavy atom. The lowest BCUT2D eigenvalue weighted by molar-refractivity contribution is 0.104. The zero-order valence-corrected chi connectivity index (χ0v) is 11.8. The molecule has 3 aromatic rings. The molecule has 0 spiro atoms. The fraction of sp³-hybridized carbons (Fsp3) is 0. The molecule has 3 N–H and O–H groups in total. The number of fused-ring (bicyclic) bond motifs is 1. The average Bonchev–Trinajstić information content (AvgIpc) is 2.86. The quantitative estimate of drug-likeness (QED) is 0.548. The second-order valence-electron chi connectivity index (χ2n) is 4.43. The molecule has 3 rings (SSSR count). The van der Waals surface area contributed by atoms with Gasteiger partial charge in [-0.3, -0.25) is 4.79 Å². The van der Waals surface area contributed by atoms with Crippen LogP contribution in [0.15, 0.2) is 42.6 Å². The fourth-order valence-electron chi connectivity index (χ4n) is 2.15. The van der Waals surface area contributed by atoms with Gasteiger partial charge in [0, 0.05) is 22.7 Å². The van der Waals surface area contributed by atoms with Crippen molar-refractivity contribution < 1.29 is 4.79 Å². The molecule has 0 saturated heterocycles. The number of para-hydroxylation sites is 1. The van der Waals surface area contributed by atoms with Gasteiger partial charge in [0.25, 0.3) is 0 Å². The van der Waals surface area contributed by atoms with Crippen molar-refractivity contribution >= 4 is 45.6 Å². The Bertz CT molecular complexity index is 824. The summed E-state index contributed by atoms with van der Waals surface area (Å²) >= 11 is 12.0. The predicted octanol–water partition coefficient (Wildman–Crippen LogP) is 4.29. The minimum Gasteiger partial charge on any atom is -0.398 e. The molecule has 0 fully saturated rings. The van der Waals surface area contributed by atoms with Gasteiger partial charge >= 0.3 is 0 Å². The Morgan fingerprint density at radius 1 is 1.10 bits per heavy atom. The zero-order chi connectivity index (χ0) is 14.3. The summed E-state index contributed by atoms with van der Waals surface area (Å²) in [5.74, 6) is -0.123. The van der Waals surface area contributed by atoms with E-state index in [4.69, 9.17) is 28.9 Å². The molecule has 0 amide bonds. The van der Waals surface area contributed by atoms with Crippen molar-refractivity contribution in [2.24, 2.45) is 0 Å². The van der Waals surface area contributed by atoms with E-state index in [0.717, 1.165) is 10.9 Å². The number of rotatable bonds is 2. The van der Waals surface area contributed by atoms with Crippen molar-refractivity contribution in [3.8, 4) is 0 Å². The van der Waals surface area contributed by atoms with Crippen molar-refractivity contribution in [2.45, 2.75) is 0 Å². The SMILES string of the molecule is Nc1cc(C(=O)c2c[nH]c3c(Cl)cccc23)ccc1Cl. The summed E-state index contributed by atoms with van der Waals surface area (Å²) in [6.07, 6.45) is 1.66. The normalized spacial score (nSPS) is 10.9. The summed E-state index contributed by atoms with van der Waals surface area (Å²) < 4.78 is 0. The van der Waals surface area contributed by atoms with Crippen LogP contribution in [0.3, 0.4) is 0 Å². The number of ketones is 1. The van der Waals surface area contributed by atoms with Crippen molar-refractivity contribution in [1.29, 1.82) is 0 Å². The monoisotopic (exact) mass is 304 g/mol. The Labute approximate surface area is 125 Å². The van der Waals surface area contributed by atoms with Crippen LogP contribution in [0.1, 0.15) is 15.9 Å². The number of hydrogen-bond acceptors (Lipinski definition) is 2. The number of carbonyl (C=O) groups is 1. The zero-order valence-electron chi connectivity index (χ0n) is 10.3. The lowest BCUT2D eigenvalue weighted by atomic mass is 10.0. The first-order valence-electron chi connectivity index (χ1n) is 5.93. The molecule has 3 nitrogen and oxygen atoms in total. The Kier molecular flexibility index (Phi) is 3.16. The van der Waals surface area contributed by atoms with Crippen LogP contribution in [0, 0.1) is 0 Å². The molecular formula is C15H10Cl2N2O. The molecule has 0 atom stereocenters. The first kappa shape index (κ1) is 13.0. The van der Waals surface area contributed by atoms with Crippen LogP contribution in [0.5, 0.6) is 0 Å². The van der Waals surface area contributed by atoms with E-state index < -0.39 is 0 Å². The number of aromatic amines is 1. The van der Waals surface area contributed by atoms with Gasteiger partial charge in [-0.05, 0) is 24.3 Å². The van der Waals surface area contributed by atoms with Gasteiger partial charge < -0.3 is 10.7 Å². The molecule has 1 aromatic heterocycles. The maximum atomic E-state index is 12.5. The van der Waals surface area contributed by atoms with Crippen molar-refractivity contribution in [1.82, 2.24) is 4.98 Å². The summed E-state index contributed by atoms with van der Waals surface area (Å²) in [4.78, 5) is 15.6. The number of aromatic nitrogens is 1. The molecule has 1 heterocycles. The van der Waals surface area contributed by atoms with Crippen molar-refractivity contribution in [3.63, 3.8) is 0 Å². The molecule has 0 aliphatic carbocycles. The van der Waals surface area contributed by atoms with Crippen LogP contribution in [0.2, 0.25) is 10.0 Å². The maximum absolute atomic E-state index is 12.5. The predicted molar refractivity (Wildman–Crippen MR) is 82.6 cm³/mol. The molecule has 2 aromatic carbocycles. The smallest absolute Gasteiger partial charge is 0.195 e. The maximum Gasteiger partial charge on any atom is 0.195 e. The first-order valence-corrected chi connectivity index (χ1v) is 6.69. The fourth-order valence-corrected chi connectivity index (χ4v) is 2.49. The van der Waals surface area contributed by atoms with E-state index >= 15 is 0 Å². The Morgan fingerprint density at radius 3 is 2.65 bits per heavy atom. The third-order valence-electron chi connectivity index (χ3n) is 3.17. The third kappa shape index (κ3) is 2.05. The van der Waals surface area contributed by atoms with Crippen molar-refractivity contribution in [2.75, 3.05) is 5.73 Å². The lowest BCUT2D eigenvalue weighted by Gasteiger charge is -2.03. The van der Waals surface area contributed by atoms with Gasteiger partial charge in [0.15, 0.2) is 5.78 Å². The minimum absolute atomic E-state index is 0.123. The Balaban J connectivity index is 2.13. The standard InChI is InChI=1S/C15H10Cl2N2O/c16-11-5-4-8(6-13(11)18)15(20)10-7-19-14-9(10)2-1-3-12(14)17/h1-7,19H,18H2. The van der Waals surface area contributed by atoms with E-state index in [2.05, 4.69) is 4.98 Å². The van der Waals surface area contributed by atoms with Gasteiger partial charge in [0.05, 0.1) is 21.2 Å². The van der Waals surface area contributed by atoms with Gasteiger partial charge in [-0.15, -0.1) is 0 Å². The second kappa shape index (κ2) is 4.85. The number of benzene rings is 2. The lowest BCUT2D eigenvalue weighted by Crippen LogP contribution is -2.01. The van der Waals surface area contributed by atoms with E-state index in [1.54, 1.807) is 30.5 Å². The summed E-state index contributed by atoms with van der Waals surface area (Å²) in [5, 5.41) is 1.80. The molecule has 0 aliphatic rings. The van der Waals surface area contributed by atoms with Crippen LogP contribution in [-0.4, -0.2) is 10.8 Å². The van der Waals surface area contributed by atoms with Crippen LogP contribution in [-0.2, 0) is 0 Å². The molecule has 0 unspecified atom stereocenters. The van der Waals surface area contributed by atoms with Crippen LogP contribution in [0.4, 0.5) is 5.69 Å². The summed E-state index contributed by atoms with van der Waals surface area (Å²) in [7, 11) is 0. The Hall–Kier alpha value is -1.97. The van der Waals surface area contributed by atoms with E-state index in [1.165, 1.54) is 0 Å². The van der Waals surface area contributed by atoms with Crippen LogP contribution >= 0.6 is 23.2 Å². The molecule has 20 heavy (non-hydrogen) atoms. The van der Waals surface area contributed by atoms with Gasteiger partial charge in [0.1, 0.15) is 0 Å². The number of halogens is 2. The van der Waals surface area contributed by atoms with Gasteiger partial charge in [0.2, 0.25) is 0 Å². The number of anilines is 1. The molecular weight excluding hydrogens is 295 g/mol. The number of nitrogens with one attached hydrogen (secondary N) is 1. The summed E-state index contributed by atoms with van der Waals surface area (Å²) in [6.45, 7) is 0. The molecule has 5 heteroatoms.